The Morgan fingerprint density at radius 2 is 1.61 bits per heavy atom. The zero-order valence-corrected chi connectivity index (χ0v) is 15.3. The molecule has 28 heavy (non-hydrogen) atoms. The highest BCUT2D eigenvalue weighted by molar-refractivity contribution is 6.01. The maximum Gasteiger partial charge on any atom is 0.416 e. The number of nitrogens with zero attached hydrogens (tertiary/aromatic N) is 1. The third kappa shape index (κ3) is 4.71. The summed E-state index contributed by atoms with van der Waals surface area (Å²) in [5.74, 6) is -0.335. The molecule has 0 unspecified atom stereocenters. The molecule has 0 bridgehead atoms. The lowest BCUT2D eigenvalue weighted by Crippen LogP contribution is -2.32. The molecule has 1 fully saturated rings. The SMILES string of the molecule is O=C(NCCC(=O)N1CCCC1)c1ccccc1-c1ccc(C(F)(F)F)cc1. The highest BCUT2D eigenvalue weighted by Crippen LogP contribution is 2.31. The van der Waals surface area contributed by atoms with Crippen LogP contribution in [0.25, 0.3) is 11.1 Å². The largest absolute Gasteiger partial charge is 0.416 e. The van der Waals surface area contributed by atoms with E-state index in [1.807, 2.05) is 0 Å². The van der Waals surface area contributed by atoms with Crippen molar-refractivity contribution in [2.75, 3.05) is 19.6 Å². The number of alkyl halides is 3. The van der Waals surface area contributed by atoms with Crippen molar-refractivity contribution in [3.63, 3.8) is 0 Å². The third-order valence-electron chi connectivity index (χ3n) is 4.78. The van der Waals surface area contributed by atoms with Crippen LogP contribution >= 0.6 is 0 Å². The van der Waals surface area contributed by atoms with Gasteiger partial charge in [0.2, 0.25) is 5.91 Å². The van der Waals surface area contributed by atoms with E-state index in [-0.39, 0.29) is 24.8 Å². The van der Waals surface area contributed by atoms with E-state index in [4.69, 9.17) is 0 Å². The van der Waals surface area contributed by atoms with Gasteiger partial charge in [0.05, 0.1) is 5.56 Å². The zero-order chi connectivity index (χ0) is 20.1. The monoisotopic (exact) mass is 390 g/mol. The topological polar surface area (TPSA) is 49.4 Å². The van der Waals surface area contributed by atoms with Crippen LogP contribution in [-0.4, -0.2) is 36.3 Å². The molecule has 4 nitrogen and oxygen atoms in total. The van der Waals surface area contributed by atoms with E-state index in [9.17, 15) is 22.8 Å². The van der Waals surface area contributed by atoms with E-state index in [0.717, 1.165) is 38.1 Å². The Morgan fingerprint density at radius 1 is 0.964 bits per heavy atom. The quantitative estimate of drug-likeness (QED) is 0.835. The predicted octanol–water partition coefficient (Wildman–Crippen LogP) is 4.11. The first-order valence-electron chi connectivity index (χ1n) is 9.19. The fourth-order valence-electron chi connectivity index (χ4n) is 3.27. The first kappa shape index (κ1) is 19.9. The van der Waals surface area contributed by atoms with Crippen molar-refractivity contribution in [3.8, 4) is 11.1 Å². The summed E-state index contributed by atoms with van der Waals surface area (Å²) in [6.07, 6.45) is -2.15. The Kier molecular flexibility index (Phi) is 6.02. The average molecular weight is 390 g/mol. The second-order valence-corrected chi connectivity index (χ2v) is 6.71. The van der Waals surface area contributed by atoms with E-state index in [1.165, 1.54) is 12.1 Å². The summed E-state index contributed by atoms with van der Waals surface area (Å²) in [6, 6.07) is 11.4. The molecule has 1 N–H and O–H groups in total. The van der Waals surface area contributed by atoms with E-state index in [0.29, 0.717) is 16.7 Å². The van der Waals surface area contributed by atoms with Crippen LogP contribution in [0, 0.1) is 0 Å². The molecule has 0 atom stereocenters. The summed E-state index contributed by atoms with van der Waals surface area (Å²) in [5, 5.41) is 2.73. The summed E-state index contributed by atoms with van der Waals surface area (Å²) in [5.41, 5.74) is 0.681. The van der Waals surface area contributed by atoms with Crippen molar-refractivity contribution in [2.24, 2.45) is 0 Å². The van der Waals surface area contributed by atoms with Crippen molar-refractivity contribution < 1.29 is 22.8 Å². The number of hydrogen-bond acceptors (Lipinski definition) is 2. The van der Waals surface area contributed by atoms with Gasteiger partial charge in [-0.1, -0.05) is 30.3 Å². The van der Waals surface area contributed by atoms with E-state index in [2.05, 4.69) is 5.32 Å². The molecule has 0 aliphatic carbocycles. The Bertz CT molecular complexity index is 841. The van der Waals surface area contributed by atoms with Gasteiger partial charge in [-0.15, -0.1) is 0 Å². The molecule has 1 saturated heterocycles. The van der Waals surface area contributed by atoms with Gasteiger partial charge in [-0.3, -0.25) is 9.59 Å². The molecule has 1 aliphatic heterocycles. The van der Waals surface area contributed by atoms with Crippen LogP contribution in [0.2, 0.25) is 0 Å². The molecule has 0 aromatic heterocycles. The molecule has 7 heteroatoms. The second-order valence-electron chi connectivity index (χ2n) is 6.71. The summed E-state index contributed by atoms with van der Waals surface area (Å²) in [6.45, 7) is 1.75. The molecule has 0 saturated carbocycles. The summed E-state index contributed by atoms with van der Waals surface area (Å²) >= 11 is 0. The first-order valence-corrected chi connectivity index (χ1v) is 9.19. The van der Waals surface area contributed by atoms with Crippen LogP contribution in [-0.2, 0) is 11.0 Å². The molecule has 2 aromatic carbocycles. The minimum Gasteiger partial charge on any atom is -0.352 e. The summed E-state index contributed by atoms with van der Waals surface area (Å²) in [7, 11) is 0. The molecule has 148 valence electrons. The van der Waals surface area contributed by atoms with Gasteiger partial charge >= 0.3 is 6.18 Å². The van der Waals surface area contributed by atoms with E-state index < -0.39 is 11.7 Å². The van der Waals surface area contributed by atoms with Gasteiger partial charge in [0.1, 0.15) is 0 Å². The zero-order valence-electron chi connectivity index (χ0n) is 15.3. The number of rotatable bonds is 5. The molecule has 1 aliphatic rings. The van der Waals surface area contributed by atoms with Crippen LogP contribution < -0.4 is 5.32 Å². The Morgan fingerprint density at radius 3 is 2.25 bits per heavy atom. The number of halogens is 3. The third-order valence-corrected chi connectivity index (χ3v) is 4.78. The summed E-state index contributed by atoms with van der Waals surface area (Å²) in [4.78, 5) is 26.4. The van der Waals surface area contributed by atoms with E-state index in [1.54, 1.807) is 29.2 Å². The smallest absolute Gasteiger partial charge is 0.352 e. The highest BCUT2D eigenvalue weighted by atomic mass is 19.4. The van der Waals surface area contributed by atoms with Crippen molar-refractivity contribution in [1.29, 1.82) is 0 Å². The van der Waals surface area contributed by atoms with Gasteiger partial charge in [0.15, 0.2) is 0 Å². The van der Waals surface area contributed by atoms with Crippen molar-refractivity contribution >= 4 is 11.8 Å². The van der Waals surface area contributed by atoms with Gasteiger partial charge in [-0.2, -0.15) is 13.2 Å². The van der Waals surface area contributed by atoms with Crippen LogP contribution in [0.5, 0.6) is 0 Å². The maximum atomic E-state index is 12.8. The van der Waals surface area contributed by atoms with Gasteiger partial charge in [-0.05, 0) is 42.2 Å². The first-order chi connectivity index (χ1) is 13.4. The van der Waals surface area contributed by atoms with E-state index >= 15 is 0 Å². The molecule has 2 amide bonds. The minimum absolute atomic E-state index is 0.0221. The predicted molar refractivity (Wildman–Crippen MR) is 99.6 cm³/mol. The summed E-state index contributed by atoms with van der Waals surface area (Å²) < 4.78 is 38.3. The van der Waals surface area contributed by atoms with Gasteiger partial charge in [0, 0.05) is 31.6 Å². The number of hydrogen-bond donors (Lipinski definition) is 1. The Balaban J connectivity index is 1.67. The fourth-order valence-corrected chi connectivity index (χ4v) is 3.27. The number of carbonyl (C=O) groups is 2. The lowest BCUT2D eigenvalue weighted by molar-refractivity contribution is -0.137. The normalized spacial score (nSPS) is 14.2. The molecular formula is C21H21F3N2O2. The molecule has 0 spiro atoms. The van der Waals surface area contributed by atoms with Gasteiger partial charge in [0.25, 0.3) is 5.91 Å². The van der Waals surface area contributed by atoms with Crippen LogP contribution in [0.3, 0.4) is 0 Å². The van der Waals surface area contributed by atoms with Gasteiger partial charge < -0.3 is 10.2 Å². The van der Waals surface area contributed by atoms with Crippen molar-refractivity contribution in [1.82, 2.24) is 10.2 Å². The number of carbonyl (C=O) groups excluding carboxylic acids is 2. The van der Waals surface area contributed by atoms with Crippen LogP contribution in [0.1, 0.15) is 35.2 Å². The van der Waals surface area contributed by atoms with Crippen LogP contribution in [0.15, 0.2) is 48.5 Å². The Hall–Kier alpha value is -2.83. The number of likely N-dealkylation sites (tertiary alicyclic amines) is 1. The lowest BCUT2D eigenvalue weighted by atomic mass is 9.98. The standard InChI is InChI=1S/C21H21F3N2O2/c22-21(23,24)16-9-7-15(8-10-16)17-5-1-2-6-18(17)20(28)25-12-11-19(27)26-13-3-4-14-26/h1-2,5-10H,3-4,11-14H2,(H,25,28). The molecular weight excluding hydrogens is 369 g/mol. The average Bonchev–Trinajstić information content (AvgIpc) is 3.22. The molecule has 2 aromatic rings. The maximum absolute atomic E-state index is 12.8. The molecule has 1 heterocycles. The highest BCUT2D eigenvalue weighted by Gasteiger charge is 2.30. The minimum atomic E-state index is -4.41. The lowest BCUT2D eigenvalue weighted by Gasteiger charge is -2.15. The van der Waals surface area contributed by atoms with Crippen LogP contribution in [0.4, 0.5) is 13.2 Å². The van der Waals surface area contributed by atoms with Crippen molar-refractivity contribution in [3.05, 3.63) is 59.7 Å². The van der Waals surface area contributed by atoms with Gasteiger partial charge in [-0.25, -0.2) is 0 Å². The Labute approximate surface area is 161 Å². The molecule has 3 rings (SSSR count). The number of amides is 2. The second kappa shape index (κ2) is 8.46. The molecule has 0 radical (unpaired) electrons. The van der Waals surface area contributed by atoms with Crippen molar-refractivity contribution in [2.45, 2.75) is 25.4 Å². The number of benzene rings is 2. The fraction of sp³-hybridized carbons (Fsp3) is 0.333. The number of nitrogens with one attached hydrogen (secondary N) is 1.